The van der Waals surface area contributed by atoms with Gasteiger partial charge < -0.3 is 0 Å². The second-order valence-electron chi connectivity index (χ2n) is 12.5. The van der Waals surface area contributed by atoms with Crippen LogP contribution in [0.2, 0.25) is 0 Å². The highest BCUT2D eigenvalue weighted by Gasteiger charge is 2.36. The van der Waals surface area contributed by atoms with E-state index < -0.39 is 0 Å². The second-order valence-corrected chi connectivity index (χ2v) is 12.5. The van der Waals surface area contributed by atoms with Gasteiger partial charge in [0.1, 0.15) is 0 Å². The topological polar surface area (TPSA) is 38.7 Å². The van der Waals surface area contributed by atoms with E-state index >= 15 is 0 Å². The zero-order valence-corrected chi connectivity index (χ0v) is 25.1. The third-order valence-electron chi connectivity index (χ3n) is 9.47. The van der Waals surface area contributed by atoms with Crippen LogP contribution in [-0.2, 0) is 5.41 Å². The summed E-state index contributed by atoms with van der Waals surface area (Å²) in [4.78, 5) is 15.3. The van der Waals surface area contributed by atoms with Gasteiger partial charge in [-0.15, -0.1) is 0 Å². The lowest BCUT2D eigenvalue weighted by molar-refractivity contribution is 0.666. The molecule has 3 heteroatoms. The highest BCUT2D eigenvalue weighted by Crippen LogP contribution is 2.51. The quantitative estimate of drug-likeness (QED) is 0.197. The van der Waals surface area contributed by atoms with Crippen LogP contribution >= 0.6 is 0 Å². The molecule has 3 nitrogen and oxygen atoms in total. The van der Waals surface area contributed by atoms with Gasteiger partial charge in [-0.25, -0.2) is 15.0 Å². The molecule has 1 aliphatic carbocycles. The molecule has 0 fully saturated rings. The fourth-order valence-corrected chi connectivity index (χ4v) is 7.35. The van der Waals surface area contributed by atoms with Crippen molar-refractivity contribution in [2.24, 2.45) is 0 Å². The molecule has 0 saturated heterocycles. The van der Waals surface area contributed by atoms with Crippen molar-refractivity contribution in [3.05, 3.63) is 151 Å². The Morgan fingerprint density at radius 1 is 0.400 bits per heavy atom. The molecule has 1 heterocycles. The van der Waals surface area contributed by atoms with Gasteiger partial charge in [-0.05, 0) is 66.7 Å². The van der Waals surface area contributed by atoms with E-state index in [4.69, 9.17) is 15.0 Å². The van der Waals surface area contributed by atoms with Crippen LogP contribution in [0.15, 0.2) is 140 Å². The predicted octanol–water partition coefficient (Wildman–Crippen LogP) is 10.6. The molecule has 212 valence electrons. The maximum Gasteiger partial charge on any atom is 0.164 e. The van der Waals surface area contributed by atoms with E-state index in [0.29, 0.717) is 17.5 Å². The molecule has 0 radical (unpaired) electrons. The summed E-state index contributed by atoms with van der Waals surface area (Å²) in [6.45, 7) is 4.67. The Balaban J connectivity index is 1.27. The van der Waals surface area contributed by atoms with Crippen molar-refractivity contribution >= 4 is 32.3 Å². The molecule has 8 aromatic rings. The SMILES string of the molecule is CC1(C)c2ccccc2-c2ccc3cc(-c4nc(-c5ccccc5)nc(-c5cc6ccccc6c6ccccc56)n4)ccc3c21. The number of aromatic nitrogens is 3. The average molecular weight is 576 g/mol. The Hall–Kier alpha value is -5.67. The van der Waals surface area contributed by atoms with Gasteiger partial charge in [0.25, 0.3) is 0 Å². The van der Waals surface area contributed by atoms with Crippen LogP contribution < -0.4 is 0 Å². The van der Waals surface area contributed by atoms with Gasteiger partial charge in [-0.1, -0.05) is 141 Å². The molecule has 0 atom stereocenters. The number of hydrogen-bond donors (Lipinski definition) is 0. The summed E-state index contributed by atoms with van der Waals surface area (Å²) in [5, 5.41) is 7.17. The second kappa shape index (κ2) is 9.67. The first-order chi connectivity index (χ1) is 22.1. The van der Waals surface area contributed by atoms with Gasteiger partial charge >= 0.3 is 0 Å². The standard InChI is InChI=1S/C42H29N3/c1-42(2)37-19-11-10-18-34(37)35-23-20-28-24-29(21-22-31(28)38(35)42)40-43-39(26-12-4-3-5-13-26)44-41(45-40)36-25-27-14-6-7-15-30(27)32-16-8-9-17-33(32)36/h3-25H,1-2H3. The van der Waals surface area contributed by atoms with Crippen molar-refractivity contribution in [2.75, 3.05) is 0 Å². The minimum atomic E-state index is -0.0785. The normalized spacial score (nSPS) is 13.3. The van der Waals surface area contributed by atoms with Crippen molar-refractivity contribution in [3.8, 4) is 45.3 Å². The number of nitrogens with zero attached hydrogens (tertiary/aromatic N) is 3. The zero-order valence-electron chi connectivity index (χ0n) is 25.1. The van der Waals surface area contributed by atoms with E-state index in [1.54, 1.807) is 0 Å². The molecule has 0 bridgehead atoms. The molecular formula is C42H29N3. The molecule has 1 aromatic heterocycles. The Kier molecular flexibility index (Phi) is 5.54. The van der Waals surface area contributed by atoms with Crippen molar-refractivity contribution in [1.29, 1.82) is 0 Å². The Morgan fingerprint density at radius 3 is 1.89 bits per heavy atom. The third kappa shape index (κ3) is 3.94. The van der Waals surface area contributed by atoms with Crippen molar-refractivity contribution in [1.82, 2.24) is 15.0 Å². The van der Waals surface area contributed by atoms with Gasteiger partial charge in [-0.3, -0.25) is 0 Å². The first kappa shape index (κ1) is 25.8. The lowest BCUT2D eigenvalue weighted by Gasteiger charge is -2.23. The summed E-state index contributed by atoms with van der Waals surface area (Å²) in [7, 11) is 0. The molecule has 0 unspecified atom stereocenters. The summed E-state index contributed by atoms with van der Waals surface area (Å²) in [5.41, 5.74) is 8.29. The summed E-state index contributed by atoms with van der Waals surface area (Å²) in [5.74, 6) is 2.01. The maximum atomic E-state index is 5.17. The summed E-state index contributed by atoms with van der Waals surface area (Å²) >= 11 is 0. The Bertz CT molecular complexity index is 2460. The first-order valence-corrected chi connectivity index (χ1v) is 15.5. The van der Waals surface area contributed by atoms with E-state index in [9.17, 15) is 0 Å². The molecule has 7 aromatic carbocycles. The fraction of sp³-hybridized carbons (Fsp3) is 0.0714. The maximum absolute atomic E-state index is 5.17. The third-order valence-corrected chi connectivity index (χ3v) is 9.47. The molecule has 0 spiro atoms. The van der Waals surface area contributed by atoms with Gasteiger partial charge in [0, 0.05) is 22.1 Å². The van der Waals surface area contributed by atoms with Crippen LogP contribution in [0, 0.1) is 0 Å². The van der Waals surface area contributed by atoms with Gasteiger partial charge in [0.2, 0.25) is 0 Å². The fourth-order valence-electron chi connectivity index (χ4n) is 7.35. The van der Waals surface area contributed by atoms with Gasteiger partial charge in [0.05, 0.1) is 0 Å². The molecule has 0 aliphatic heterocycles. The van der Waals surface area contributed by atoms with Crippen LogP contribution in [0.5, 0.6) is 0 Å². The lowest BCUT2D eigenvalue weighted by Crippen LogP contribution is -2.15. The number of rotatable bonds is 3. The van der Waals surface area contributed by atoms with E-state index in [0.717, 1.165) is 27.5 Å². The molecule has 1 aliphatic rings. The highest BCUT2D eigenvalue weighted by molar-refractivity contribution is 6.13. The van der Waals surface area contributed by atoms with Crippen molar-refractivity contribution < 1.29 is 0 Å². The largest absolute Gasteiger partial charge is 0.208 e. The summed E-state index contributed by atoms with van der Waals surface area (Å²) < 4.78 is 0. The molecule has 9 rings (SSSR count). The Labute approximate surface area is 261 Å². The molecule has 0 amide bonds. The van der Waals surface area contributed by atoms with E-state index in [-0.39, 0.29) is 5.41 Å². The summed E-state index contributed by atoms with van der Waals surface area (Å²) in [6, 6.07) is 49.5. The van der Waals surface area contributed by atoms with Crippen LogP contribution in [0.1, 0.15) is 25.0 Å². The van der Waals surface area contributed by atoms with Crippen LogP contribution in [-0.4, -0.2) is 15.0 Å². The van der Waals surface area contributed by atoms with Crippen LogP contribution in [0.25, 0.3) is 77.6 Å². The average Bonchev–Trinajstić information content (AvgIpc) is 3.34. The van der Waals surface area contributed by atoms with Crippen molar-refractivity contribution in [2.45, 2.75) is 19.3 Å². The predicted molar refractivity (Wildman–Crippen MR) is 186 cm³/mol. The number of fused-ring (bicyclic) bond motifs is 8. The smallest absolute Gasteiger partial charge is 0.164 e. The lowest BCUT2D eigenvalue weighted by atomic mass is 9.80. The molecular weight excluding hydrogens is 546 g/mol. The zero-order chi connectivity index (χ0) is 30.1. The highest BCUT2D eigenvalue weighted by atomic mass is 15.0. The van der Waals surface area contributed by atoms with Crippen molar-refractivity contribution in [3.63, 3.8) is 0 Å². The minimum Gasteiger partial charge on any atom is -0.208 e. The molecule has 45 heavy (non-hydrogen) atoms. The number of benzene rings is 7. The van der Waals surface area contributed by atoms with Crippen LogP contribution in [0.3, 0.4) is 0 Å². The first-order valence-electron chi connectivity index (χ1n) is 15.5. The Morgan fingerprint density at radius 2 is 1.04 bits per heavy atom. The van der Waals surface area contributed by atoms with Gasteiger partial charge in [0.15, 0.2) is 17.5 Å². The molecule has 0 N–H and O–H groups in total. The van der Waals surface area contributed by atoms with E-state index in [1.807, 2.05) is 18.2 Å². The van der Waals surface area contributed by atoms with E-state index in [2.05, 4.69) is 135 Å². The minimum absolute atomic E-state index is 0.0785. The van der Waals surface area contributed by atoms with E-state index in [1.165, 1.54) is 43.8 Å². The number of hydrogen-bond acceptors (Lipinski definition) is 3. The van der Waals surface area contributed by atoms with Gasteiger partial charge in [-0.2, -0.15) is 0 Å². The summed E-state index contributed by atoms with van der Waals surface area (Å²) in [6.07, 6.45) is 0. The monoisotopic (exact) mass is 575 g/mol. The molecule has 0 saturated carbocycles. The van der Waals surface area contributed by atoms with Crippen LogP contribution in [0.4, 0.5) is 0 Å².